The van der Waals surface area contributed by atoms with Crippen LogP contribution in [0.25, 0.3) is 10.9 Å². The van der Waals surface area contributed by atoms with E-state index in [1.54, 1.807) is 18.2 Å². The lowest BCUT2D eigenvalue weighted by molar-refractivity contribution is 0.0512. The molecule has 0 radical (unpaired) electrons. The summed E-state index contributed by atoms with van der Waals surface area (Å²) in [6.45, 7) is 2.40. The van der Waals surface area contributed by atoms with Crippen LogP contribution in [0.5, 0.6) is 5.75 Å². The Hall–Kier alpha value is -2.34. The molecule has 0 aliphatic carbocycles. The third kappa shape index (κ3) is 2.90. The lowest BCUT2D eigenvalue weighted by Crippen LogP contribution is -2.26. The van der Waals surface area contributed by atoms with Crippen LogP contribution in [0.15, 0.2) is 29.1 Å². The van der Waals surface area contributed by atoms with Crippen molar-refractivity contribution in [3.63, 3.8) is 0 Å². The molecular weight excluding hydrogens is 274 g/mol. The van der Waals surface area contributed by atoms with E-state index < -0.39 is 5.97 Å². The number of methoxy groups -OCH3 is 2. The standard InChI is InChI=1S/C15H17NO5/c1-4-16-13-8-11(21-9-19-2)6-5-10(13)7-12(14(16)17)15(18)20-3/h5-8H,4,9H2,1-3H3. The van der Waals surface area contributed by atoms with Gasteiger partial charge in [0, 0.05) is 19.7 Å². The van der Waals surface area contributed by atoms with Crippen LogP contribution in [0.3, 0.4) is 0 Å². The first-order valence-electron chi connectivity index (χ1n) is 6.50. The zero-order valence-corrected chi connectivity index (χ0v) is 12.2. The van der Waals surface area contributed by atoms with Crippen molar-refractivity contribution in [2.24, 2.45) is 0 Å². The quantitative estimate of drug-likeness (QED) is 0.620. The van der Waals surface area contributed by atoms with Crippen molar-refractivity contribution in [3.8, 4) is 5.75 Å². The minimum Gasteiger partial charge on any atom is -0.467 e. The first-order valence-corrected chi connectivity index (χ1v) is 6.50. The van der Waals surface area contributed by atoms with Gasteiger partial charge < -0.3 is 18.8 Å². The third-order valence-electron chi connectivity index (χ3n) is 3.13. The zero-order valence-electron chi connectivity index (χ0n) is 12.2. The number of esters is 1. The molecule has 0 fully saturated rings. The fraction of sp³-hybridized carbons (Fsp3) is 0.333. The largest absolute Gasteiger partial charge is 0.467 e. The van der Waals surface area contributed by atoms with Gasteiger partial charge in [0.15, 0.2) is 6.79 Å². The van der Waals surface area contributed by atoms with Gasteiger partial charge in [-0.15, -0.1) is 0 Å². The van der Waals surface area contributed by atoms with Crippen LogP contribution in [0.1, 0.15) is 17.3 Å². The summed E-state index contributed by atoms with van der Waals surface area (Å²) in [7, 11) is 2.79. The summed E-state index contributed by atoms with van der Waals surface area (Å²) < 4.78 is 16.4. The molecule has 6 heteroatoms. The van der Waals surface area contributed by atoms with Crippen LogP contribution in [0.4, 0.5) is 0 Å². The molecule has 0 spiro atoms. The predicted octanol–water partition coefficient (Wildman–Crippen LogP) is 1.79. The smallest absolute Gasteiger partial charge is 0.343 e. The summed E-state index contributed by atoms with van der Waals surface area (Å²) in [4.78, 5) is 24.0. The molecule has 0 saturated carbocycles. The molecule has 1 heterocycles. The number of rotatable bonds is 5. The highest BCUT2D eigenvalue weighted by Crippen LogP contribution is 2.21. The Kier molecular flexibility index (Phi) is 4.59. The molecule has 1 aromatic carbocycles. The third-order valence-corrected chi connectivity index (χ3v) is 3.13. The second-order valence-electron chi connectivity index (χ2n) is 4.37. The summed E-state index contributed by atoms with van der Waals surface area (Å²) in [5.41, 5.74) is 0.349. The molecule has 0 saturated heterocycles. The Labute approximate surface area is 121 Å². The molecule has 0 atom stereocenters. The van der Waals surface area contributed by atoms with E-state index in [1.807, 2.05) is 6.92 Å². The van der Waals surface area contributed by atoms with Crippen LogP contribution in [0.2, 0.25) is 0 Å². The van der Waals surface area contributed by atoms with Crippen molar-refractivity contribution in [1.82, 2.24) is 4.57 Å². The number of ether oxygens (including phenoxy) is 3. The highest BCUT2D eigenvalue weighted by Gasteiger charge is 2.15. The van der Waals surface area contributed by atoms with E-state index >= 15 is 0 Å². The molecular formula is C15H17NO5. The molecule has 21 heavy (non-hydrogen) atoms. The molecule has 112 valence electrons. The highest BCUT2D eigenvalue weighted by molar-refractivity contribution is 5.94. The fourth-order valence-corrected chi connectivity index (χ4v) is 2.14. The molecule has 0 bridgehead atoms. The fourth-order valence-electron chi connectivity index (χ4n) is 2.14. The number of fused-ring (bicyclic) bond motifs is 1. The summed E-state index contributed by atoms with van der Waals surface area (Å²) >= 11 is 0. The van der Waals surface area contributed by atoms with Crippen molar-refractivity contribution in [2.45, 2.75) is 13.5 Å². The number of nitrogens with zero attached hydrogens (tertiary/aromatic N) is 1. The van der Waals surface area contributed by atoms with E-state index in [9.17, 15) is 9.59 Å². The van der Waals surface area contributed by atoms with Gasteiger partial charge in [-0.05, 0) is 30.5 Å². The number of pyridine rings is 1. The van der Waals surface area contributed by atoms with Gasteiger partial charge in [0.25, 0.3) is 5.56 Å². The second-order valence-corrected chi connectivity index (χ2v) is 4.37. The molecule has 0 N–H and O–H groups in total. The van der Waals surface area contributed by atoms with Gasteiger partial charge >= 0.3 is 5.97 Å². The molecule has 6 nitrogen and oxygen atoms in total. The number of aryl methyl sites for hydroxylation is 1. The average Bonchev–Trinajstić information content (AvgIpc) is 2.51. The maximum absolute atomic E-state index is 12.3. The molecule has 0 aliphatic heterocycles. The topological polar surface area (TPSA) is 66.8 Å². The van der Waals surface area contributed by atoms with E-state index in [4.69, 9.17) is 9.47 Å². The van der Waals surface area contributed by atoms with Crippen molar-refractivity contribution in [2.75, 3.05) is 21.0 Å². The van der Waals surface area contributed by atoms with Crippen LogP contribution < -0.4 is 10.3 Å². The van der Waals surface area contributed by atoms with Crippen molar-refractivity contribution in [1.29, 1.82) is 0 Å². The Morgan fingerprint density at radius 1 is 1.24 bits per heavy atom. The molecule has 1 aromatic heterocycles. The summed E-state index contributed by atoms with van der Waals surface area (Å²) in [5, 5.41) is 0.765. The SMILES string of the molecule is CCn1c(=O)c(C(=O)OC)cc2ccc(OCOC)cc21. The Bertz CT molecular complexity index is 720. The first-order chi connectivity index (χ1) is 10.1. The number of carbonyl (C=O) groups excluding carboxylic acids is 1. The maximum atomic E-state index is 12.3. The number of carbonyl (C=O) groups is 1. The Morgan fingerprint density at radius 2 is 2.00 bits per heavy atom. The number of benzene rings is 1. The zero-order chi connectivity index (χ0) is 15.4. The average molecular weight is 291 g/mol. The van der Waals surface area contributed by atoms with Crippen LogP contribution in [-0.4, -0.2) is 31.5 Å². The number of aromatic nitrogens is 1. The van der Waals surface area contributed by atoms with Crippen LogP contribution >= 0.6 is 0 Å². The number of hydrogen-bond donors (Lipinski definition) is 0. The van der Waals surface area contributed by atoms with Crippen molar-refractivity contribution >= 4 is 16.9 Å². The maximum Gasteiger partial charge on any atom is 0.343 e. The molecule has 2 rings (SSSR count). The van der Waals surface area contributed by atoms with E-state index in [-0.39, 0.29) is 17.9 Å². The summed E-state index contributed by atoms with van der Waals surface area (Å²) in [6, 6.07) is 6.83. The van der Waals surface area contributed by atoms with Gasteiger partial charge in [-0.2, -0.15) is 0 Å². The summed E-state index contributed by atoms with van der Waals surface area (Å²) in [6.07, 6.45) is 0. The van der Waals surface area contributed by atoms with Gasteiger partial charge in [-0.1, -0.05) is 0 Å². The molecule has 0 amide bonds. The lowest BCUT2D eigenvalue weighted by Gasteiger charge is -2.12. The molecule has 0 unspecified atom stereocenters. The molecule has 2 aromatic rings. The van der Waals surface area contributed by atoms with Gasteiger partial charge in [-0.25, -0.2) is 4.79 Å². The van der Waals surface area contributed by atoms with Crippen molar-refractivity contribution < 1.29 is 19.0 Å². The van der Waals surface area contributed by atoms with E-state index in [1.165, 1.54) is 24.9 Å². The van der Waals surface area contributed by atoms with Gasteiger partial charge in [0.05, 0.1) is 12.6 Å². The van der Waals surface area contributed by atoms with Crippen LogP contribution in [-0.2, 0) is 16.0 Å². The van der Waals surface area contributed by atoms with E-state index in [0.717, 1.165) is 5.39 Å². The Morgan fingerprint density at radius 3 is 2.62 bits per heavy atom. The number of hydrogen-bond acceptors (Lipinski definition) is 5. The Balaban J connectivity index is 2.64. The predicted molar refractivity (Wildman–Crippen MR) is 77.7 cm³/mol. The van der Waals surface area contributed by atoms with Crippen LogP contribution in [0, 0.1) is 0 Å². The summed E-state index contributed by atoms with van der Waals surface area (Å²) in [5.74, 6) is -0.0411. The molecule has 0 aliphatic rings. The monoisotopic (exact) mass is 291 g/mol. The lowest BCUT2D eigenvalue weighted by atomic mass is 10.1. The van der Waals surface area contributed by atoms with Gasteiger partial charge in [0.2, 0.25) is 0 Å². The van der Waals surface area contributed by atoms with Crippen molar-refractivity contribution in [3.05, 3.63) is 40.2 Å². The van der Waals surface area contributed by atoms with Gasteiger partial charge in [0.1, 0.15) is 11.3 Å². The minimum atomic E-state index is -0.635. The van der Waals surface area contributed by atoms with Gasteiger partial charge in [-0.3, -0.25) is 4.79 Å². The highest BCUT2D eigenvalue weighted by atomic mass is 16.7. The second kappa shape index (κ2) is 6.41. The first kappa shape index (κ1) is 15.1. The van der Waals surface area contributed by atoms with E-state index in [0.29, 0.717) is 17.8 Å². The normalized spacial score (nSPS) is 10.6. The minimum absolute atomic E-state index is 0.0254. The van der Waals surface area contributed by atoms with E-state index in [2.05, 4.69) is 4.74 Å².